The Labute approximate surface area is 119 Å². The van der Waals surface area contributed by atoms with Crippen LogP contribution in [0.2, 0.25) is 0 Å². The Morgan fingerprint density at radius 2 is 1.70 bits per heavy atom. The molecule has 1 unspecified atom stereocenters. The zero-order valence-corrected chi connectivity index (χ0v) is 11.7. The second-order valence-electron chi connectivity index (χ2n) is 5.08. The summed E-state index contributed by atoms with van der Waals surface area (Å²) in [5.41, 5.74) is 2.02. The van der Waals surface area contributed by atoms with Crippen LogP contribution in [-0.2, 0) is 6.54 Å². The Balaban J connectivity index is 1.80. The molecule has 3 heteroatoms. The average Bonchev–Trinajstić information content (AvgIpc) is 2.48. The van der Waals surface area contributed by atoms with Crippen LogP contribution in [0.1, 0.15) is 23.7 Å². The third-order valence-corrected chi connectivity index (χ3v) is 3.33. The lowest BCUT2D eigenvalue weighted by Crippen LogP contribution is -2.20. The molecule has 0 radical (unpaired) electrons. The van der Waals surface area contributed by atoms with Gasteiger partial charge in [0.2, 0.25) is 0 Å². The molecule has 0 aromatic heterocycles. The fourth-order valence-corrected chi connectivity index (χ4v) is 2.17. The zero-order chi connectivity index (χ0) is 14.4. The highest BCUT2D eigenvalue weighted by Crippen LogP contribution is 2.16. The Bertz CT molecular complexity index is 512. The fraction of sp³-hybridized carbons (Fsp3) is 0.294. The maximum absolute atomic E-state index is 12.8. The summed E-state index contributed by atoms with van der Waals surface area (Å²) in [4.78, 5) is 2.12. The smallest absolute Gasteiger partial charge is 0.123 e. The van der Waals surface area contributed by atoms with E-state index in [1.54, 1.807) is 12.1 Å². The van der Waals surface area contributed by atoms with Gasteiger partial charge in [-0.25, -0.2) is 4.39 Å². The molecule has 0 saturated carbocycles. The average molecular weight is 273 g/mol. The molecule has 0 fully saturated rings. The molecular formula is C17H20FNO. The van der Waals surface area contributed by atoms with E-state index < -0.39 is 6.10 Å². The van der Waals surface area contributed by atoms with Crippen LogP contribution in [0.15, 0.2) is 54.6 Å². The minimum Gasteiger partial charge on any atom is -0.388 e. The Morgan fingerprint density at radius 1 is 1.05 bits per heavy atom. The molecule has 20 heavy (non-hydrogen) atoms. The van der Waals surface area contributed by atoms with Gasteiger partial charge in [-0.2, -0.15) is 0 Å². The van der Waals surface area contributed by atoms with E-state index >= 15 is 0 Å². The molecule has 0 aliphatic rings. The van der Waals surface area contributed by atoms with E-state index in [0.29, 0.717) is 6.42 Å². The SMILES string of the molecule is CN(CCC(O)c1ccccc1)Cc1ccc(F)cc1. The van der Waals surface area contributed by atoms with Crippen molar-refractivity contribution < 1.29 is 9.50 Å². The van der Waals surface area contributed by atoms with Gasteiger partial charge in [-0.1, -0.05) is 42.5 Å². The van der Waals surface area contributed by atoms with Gasteiger partial charge in [-0.3, -0.25) is 0 Å². The number of hydrogen-bond donors (Lipinski definition) is 1. The van der Waals surface area contributed by atoms with Crippen molar-refractivity contribution in [2.24, 2.45) is 0 Å². The Kier molecular flexibility index (Phi) is 5.27. The summed E-state index contributed by atoms with van der Waals surface area (Å²) in [6, 6.07) is 16.2. The van der Waals surface area contributed by atoms with E-state index in [4.69, 9.17) is 0 Å². The summed E-state index contributed by atoms with van der Waals surface area (Å²) < 4.78 is 12.8. The Hall–Kier alpha value is -1.71. The molecule has 2 aromatic carbocycles. The maximum atomic E-state index is 12.8. The van der Waals surface area contributed by atoms with Crippen LogP contribution in [0.4, 0.5) is 4.39 Å². The van der Waals surface area contributed by atoms with Gasteiger partial charge in [0.15, 0.2) is 0 Å². The first-order valence-electron chi connectivity index (χ1n) is 6.81. The van der Waals surface area contributed by atoms with E-state index in [-0.39, 0.29) is 5.82 Å². The Morgan fingerprint density at radius 3 is 2.35 bits per heavy atom. The predicted octanol–water partition coefficient (Wildman–Crippen LogP) is 3.38. The number of benzene rings is 2. The molecule has 0 amide bonds. The van der Waals surface area contributed by atoms with Crippen molar-refractivity contribution in [3.63, 3.8) is 0 Å². The van der Waals surface area contributed by atoms with Gasteiger partial charge in [-0.15, -0.1) is 0 Å². The largest absolute Gasteiger partial charge is 0.388 e. The van der Waals surface area contributed by atoms with Crippen molar-refractivity contribution in [1.82, 2.24) is 4.90 Å². The van der Waals surface area contributed by atoms with Crippen LogP contribution in [0.25, 0.3) is 0 Å². The van der Waals surface area contributed by atoms with Gasteiger partial charge in [-0.05, 0) is 36.7 Å². The first-order chi connectivity index (χ1) is 9.65. The van der Waals surface area contributed by atoms with Crippen LogP contribution < -0.4 is 0 Å². The highest BCUT2D eigenvalue weighted by atomic mass is 19.1. The molecule has 0 bridgehead atoms. The number of aliphatic hydroxyl groups is 1. The first-order valence-corrected chi connectivity index (χ1v) is 6.81. The minimum absolute atomic E-state index is 0.212. The van der Waals surface area contributed by atoms with Gasteiger partial charge in [0.05, 0.1) is 6.10 Å². The molecule has 0 spiro atoms. The highest BCUT2D eigenvalue weighted by Gasteiger charge is 2.08. The lowest BCUT2D eigenvalue weighted by molar-refractivity contribution is 0.147. The number of halogens is 1. The number of nitrogens with zero attached hydrogens (tertiary/aromatic N) is 1. The van der Waals surface area contributed by atoms with Crippen molar-refractivity contribution in [2.75, 3.05) is 13.6 Å². The standard InChI is InChI=1S/C17H20FNO/c1-19(13-14-7-9-16(18)10-8-14)12-11-17(20)15-5-3-2-4-6-15/h2-10,17,20H,11-13H2,1H3. The lowest BCUT2D eigenvalue weighted by Gasteiger charge is -2.19. The van der Waals surface area contributed by atoms with Crippen molar-refractivity contribution in [3.05, 3.63) is 71.5 Å². The zero-order valence-electron chi connectivity index (χ0n) is 11.7. The summed E-state index contributed by atoms with van der Waals surface area (Å²) in [6.45, 7) is 1.54. The van der Waals surface area contributed by atoms with Gasteiger partial charge in [0.1, 0.15) is 5.82 Å². The molecule has 1 atom stereocenters. The number of rotatable bonds is 6. The van der Waals surface area contributed by atoms with Gasteiger partial charge in [0.25, 0.3) is 0 Å². The first kappa shape index (κ1) is 14.7. The molecule has 1 N–H and O–H groups in total. The summed E-state index contributed by atoms with van der Waals surface area (Å²) in [6.07, 6.45) is 0.244. The summed E-state index contributed by atoms with van der Waals surface area (Å²) in [5, 5.41) is 10.1. The van der Waals surface area contributed by atoms with Crippen LogP contribution in [0.3, 0.4) is 0 Å². The normalized spacial score (nSPS) is 12.6. The molecule has 0 aliphatic carbocycles. The molecule has 2 aromatic rings. The van der Waals surface area contributed by atoms with Crippen LogP contribution >= 0.6 is 0 Å². The predicted molar refractivity (Wildman–Crippen MR) is 78.8 cm³/mol. The molecular weight excluding hydrogens is 253 g/mol. The third-order valence-electron chi connectivity index (χ3n) is 3.33. The molecule has 106 valence electrons. The van der Waals surface area contributed by atoms with E-state index in [9.17, 15) is 9.50 Å². The van der Waals surface area contributed by atoms with E-state index in [0.717, 1.165) is 24.2 Å². The van der Waals surface area contributed by atoms with E-state index in [2.05, 4.69) is 4.90 Å². The van der Waals surface area contributed by atoms with Crippen molar-refractivity contribution in [2.45, 2.75) is 19.1 Å². The van der Waals surface area contributed by atoms with Crippen LogP contribution in [0.5, 0.6) is 0 Å². The molecule has 0 aliphatic heterocycles. The quantitative estimate of drug-likeness (QED) is 0.872. The van der Waals surface area contributed by atoms with Crippen molar-refractivity contribution in [1.29, 1.82) is 0 Å². The van der Waals surface area contributed by atoms with Gasteiger partial charge in [0, 0.05) is 13.1 Å². The molecule has 2 nitrogen and oxygen atoms in total. The van der Waals surface area contributed by atoms with Crippen molar-refractivity contribution in [3.8, 4) is 0 Å². The summed E-state index contributed by atoms with van der Waals surface area (Å²) >= 11 is 0. The summed E-state index contributed by atoms with van der Waals surface area (Å²) in [5.74, 6) is -0.212. The van der Waals surface area contributed by atoms with Crippen LogP contribution in [0, 0.1) is 5.82 Å². The lowest BCUT2D eigenvalue weighted by atomic mass is 10.1. The van der Waals surface area contributed by atoms with E-state index in [1.165, 1.54) is 12.1 Å². The number of aliphatic hydroxyl groups excluding tert-OH is 1. The highest BCUT2D eigenvalue weighted by molar-refractivity contribution is 5.17. The second kappa shape index (κ2) is 7.17. The summed E-state index contributed by atoms with van der Waals surface area (Å²) in [7, 11) is 2.00. The topological polar surface area (TPSA) is 23.5 Å². The molecule has 0 heterocycles. The van der Waals surface area contributed by atoms with Gasteiger partial charge < -0.3 is 10.0 Å². The van der Waals surface area contributed by atoms with Gasteiger partial charge >= 0.3 is 0 Å². The van der Waals surface area contributed by atoms with Crippen LogP contribution in [-0.4, -0.2) is 23.6 Å². The second-order valence-corrected chi connectivity index (χ2v) is 5.08. The molecule has 2 rings (SSSR count). The maximum Gasteiger partial charge on any atom is 0.123 e. The number of hydrogen-bond acceptors (Lipinski definition) is 2. The molecule has 0 saturated heterocycles. The monoisotopic (exact) mass is 273 g/mol. The third kappa shape index (κ3) is 4.44. The fourth-order valence-electron chi connectivity index (χ4n) is 2.17. The minimum atomic E-state index is -0.438. The van der Waals surface area contributed by atoms with Crippen molar-refractivity contribution >= 4 is 0 Å². The van der Waals surface area contributed by atoms with E-state index in [1.807, 2.05) is 37.4 Å².